The number of fused-ring (bicyclic) bond motifs is 6. The first-order chi connectivity index (χ1) is 10.7. The lowest BCUT2D eigenvalue weighted by Gasteiger charge is -2.34. The van der Waals surface area contributed by atoms with Gasteiger partial charge in [-0.05, 0) is 57.1 Å². The highest BCUT2D eigenvalue weighted by Crippen LogP contribution is 2.69. The van der Waals surface area contributed by atoms with Gasteiger partial charge in [-0.3, -0.25) is 4.98 Å². The summed E-state index contributed by atoms with van der Waals surface area (Å²) in [6, 6.07) is 8.44. The molecule has 4 rings (SSSR count). The molecule has 0 N–H and O–H groups in total. The molecule has 2 aromatic rings. The lowest BCUT2D eigenvalue weighted by Crippen LogP contribution is -2.32. The first-order valence-corrected chi connectivity index (χ1v) is 8.77. The van der Waals surface area contributed by atoms with E-state index in [1.54, 1.807) is 0 Å². The predicted octanol–water partition coefficient (Wildman–Crippen LogP) is 5.59. The van der Waals surface area contributed by atoms with E-state index in [1.807, 2.05) is 0 Å². The van der Waals surface area contributed by atoms with Gasteiger partial charge in [-0.15, -0.1) is 0 Å². The molecule has 2 nitrogen and oxygen atoms in total. The van der Waals surface area contributed by atoms with Crippen LogP contribution < -0.4 is 4.74 Å². The topological polar surface area (TPSA) is 22.1 Å². The number of para-hydroxylation sites is 1. The minimum atomic E-state index is -0.204. The molecule has 2 heteroatoms. The molecule has 2 bridgehead atoms. The second kappa shape index (κ2) is 4.28. The maximum absolute atomic E-state index is 6.51. The Morgan fingerprint density at radius 2 is 1.83 bits per heavy atom. The monoisotopic (exact) mass is 309 g/mol. The summed E-state index contributed by atoms with van der Waals surface area (Å²) >= 11 is 0. The first kappa shape index (κ1) is 15.0. The third kappa shape index (κ3) is 1.84. The van der Waals surface area contributed by atoms with Crippen LogP contribution in [-0.2, 0) is 5.41 Å². The minimum absolute atomic E-state index is 0.160. The molecule has 1 fully saturated rings. The number of ether oxygens (including phenoxy) is 1. The van der Waals surface area contributed by atoms with Crippen molar-refractivity contribution in [3.05, 3.63) is 35.5 Å². The molecule has 0 saturated heterocycles. The predicted molar refractivity (Wildman–Crippen MR) is 95.2 cm³/mol. The molecule has 1 aromatic heterocycles. The number of rotatable bonds is 1. The van der Waals surface area contributed by atoms with Gasteiger partial charge in [-0.2, -0.15) is 0 Å². The summed E-state index contributed by atoms with van der Waals surface area (Å²) in [7, 11) is 0. The second-order valence-electron chi connectivity index (χ2n) is 9.08. The Bertz CT molecular complexity index is 799. The van der Waals surface area contributed by atoms with Gasteiger partial charge in [-0.1, -0.05) is 32.9 Å². The van der Waals surface area contributed by atoms with Gasteiger partial charge in [0.1, 0.15) is 11.4 Å². The molecule has 0 radical (unpaired) electrons. The van der Waals surface area contributed by atoms with E-state index in [2.05, 4.69) is 65.8 Å². The Balaban J connectivity index is 2.07. The Labute approximate surface area is 139 Å². The Morgan fingerprint density at radius 3 is 2.52 bits per heavy atom. The number of hydrogen-bond donors (Lipinski definition) is 0. The van der Waals surface area contributed by atoms with Crippen LogP contribution in [0.3, 0.4) is 0 Å². The van der Waals surface area contributed by atoms with Crippen LogP contribution in [-0.4, -0.2) is 10.6 Å². The van der Waals surface area contributed by atoms with Crippen molar-refractivity contribution in [2.24, 2.45) is 5.41 Å². The van der Waals surface area contributed by atoms with Crippen molar-refractivity contribution < 1.29 is 4.74 Å². The van der Waals surface area contributed by atoms with Crippen LogP contribution in [0.15, 0.2) is 24.3 Å². The van der Waals surface area contributed by atoms with Gasteiger partial charge in [-0.25, -0.2) is 0 Å². The third-order valence-corrected chi connectivity index (χ3v) is 6.39. The van der Waals surface area contributed by atoms with Crippen molar-refractivity contribution in [3.63, 3.8) is 0 Å². The zero-order chi connectivity index (χ0) is 16.6. The van der Waals surface area contributed by atoms with Crippen LogP contribution in [0.4, 0.5) is 0 Å². The van der Waals surface area contributed by atoms with Crippen LogP contribution in [0.25, 0.3) is 10.9 Å². The number of pyridine rings is 1. The second-order valence-corrected chi connectivity index (χ2v) is 9.08. The third-order valence-electron chi connectivity index (χ3n) is 6.39. The standard InChI is InChI=1S/C21H27NO/c1-19(2,3)23-17-13-9-7-8-10-15(13)22-18-16(17)14-11-12-21(18,6)20(14,4)5/h7-10,14H,11-12H2,1-6H3/t14-,21+/m1/s1. The van der Waals surface area contributed by atoms with E-state index in [1.165, 1.54) is 24.1 Å². The van der Waals surface area contributed by atoms with E-state index < -0.39 is 0 Å². The zero-order valence-electron chi connectivity index (χ0n) is 15.2. The summed E-state index contributed by atoms with van der Waals surface area (Å²) in [6.45, 7) is 13.6. The number of aromatic nitrogens is 1. The maximum atomic E-state index is 6.51. The zero-order valence-corrected chi connectivity index (χ0v) is 15.2. The fourth-order valence-electron chi connectivity index (χ4n) is 4.79. The van der Waals surface area contributed by atoms with E-state index in [9.17, 15) is 0 Å². The molecular weight excluding hydrogens is 282 g/mol. The highest BCUT2D eigenvalue weighted by atomic mass is 16.5. The van der Waals surface area contributed by atoms with Gasteiger partial charge in [0, 0.05) is 16.4 Å². The molecule has 2 atom stereocenters. The summed E-state index contributed by atoms with van der Waals surface area (Å²) in [5.41, 5.74) is 3.94. The molecule has 1 heterocycles. The average Bonchev–Trinajstić information content (AvgIpc) is 2.77. The fourth-order valence-corrected chi connectivity index (χ4v) is 4.79. The van der Waals surface area contributed by atoms with Gasteiger partial charge in [0.05, 0.1) is 11.2 Å². The van der Waals surface area contributed by atoms with Crippen LogP contribution in [0.1, 0.15) is 71.6 Å². The van der Waals surface area contributed by atoms with Crippen molar-refractivity contribution in [2.45, 2.75) is 71.3 Å². The molecule has 1 saturated carbocycles. The highest BCUT2D eigenvalue weighted by molar-refractivity contribution is 5.88. The SMILES string of the molecule is CC(C)(C)Oc1c2c(nc3ccccc13)[C@]1(C)CC[C@H]2C1(C)C. The van der Waals surface area contributed by atoms with E-state index in [-0.39, 0.29) is 16.4 Å². The normalized spacial score (nSPS) is 28.2. The largest absolute Gasteiger partial charge is 0.487 e. The summed E-state index contributed by atoms with van der Waals surface area (Å²) in [5, 5.41) is 1.16. The van der Waals surface area contributed by atoms with E-state index in [0.29, 0.717) is 5.92 Å². The van der Waals surface area contributed by atoms with E-state index in [0.717, 1.165) is 16.7 Å². The molecule has 23 heavy (non-hydrogen) atoms. The van der Waals surface area contributed by atoms with Crippen LogP contribution >= 0.6 is 0 Å². The van der Waals surface area contributed by atoms with Gasteiger partial charge in [0.2, 0.25) is 0 Å². The van der Waals surface area contributed by atoms with Crippen molar-refractivity contribution >= 4 is 10.9 Å². The number of nitrogens with zero attached hydrogens (tertiary/aromatic N) is 1. The molecule has 2 aliphatic carbocycles. The quantitative estimate of drug-likeness (QED) is 0.685. The molecule has 0 spiro atoms. The summed E-state index contributed by atoms with van der Waals surface area (Å²) in [6.07, 6.45) is 2.48. The Kier molecular flexibility index (Phi) is 2.79. The lowest BCUT2D eigenvalue weighted by molar-refractivity contribution is 0.130. The molecule has 0 amide bonds. The minimum Gasteiger partial charge on any atom is -0.487 e. The molecule has 0 aliphatic heterocycles. The molecule has 0 unspecified atom stereocenters. The number of benzene rings is 1. The smallest absolute Gasteiger partial charge is 0.134 e. The molecular formula is C21H27NO. The van der Waals surface area contributed by atoms with E-state index in [4.69, 9.17) is 9.72 Å². The number of hydrogen-bond acceptors (Lipinski definition) is 2. The Hall–Kier alpha value is -1.57. The van der Waals surface area contributed by atoms with Gasteiger partial charge < -0.3 is 4.74 Å². The average molecular weight is 309 g/mol. The van der Waals surface area contributed by atoms with Crippen molar-refractivity contribution in [3.8, 4) is 5.75 Å². The van der Waals surface area contributed by atoms with Crippen LogP contribution in [0, 0.1) is 5.41 Å². The summed E-state index contributed by atoms with van der Waals surface area (Å²) < 4.78 is 6.51. The fraction of sp³-hybridized carbons (Fsp3) is 0.571. The van der Waals surface area contributed by atoms with Crippen molar-refractivity contribution in [2.75, 3.05) is 0 Å². The maximum Gasteiger partial charge on any atom is 0.134 e. The molecule has 122 valence electrons. The van der Waals surface area contributed by atoms with Crippen LogP contribution in [0.2, 0.25) is 0 Å². The van der Waals surface area contributed by atoms with E-state index >= 15 is 0 Å². The van der Waals surface area contributed by atoms with Crippen molar-refractivity contribution in [1.82, 2.24) is 4.98 Å². The summed E-state index contributed by atoms with van der Waals surface area (Å²) in [4.78, 5) is 5.12. The van der Waals surface area contributed by atoms with Gasteiger partial charge in [0.15, 0.2) is 0 Å². The first-order valence-electron chi connectivity index (χ1n) is 8.77. The molecule has 2 aliphatic rings. The summed E-state index contributed by atoms with van der Waals surface area (Å²) in [5.74, 6) is 1.64. The van der Waals surface area contributed by atoms with Crippen molar-refractivity contribution in [1.29, 1.82) is 0 Å². The molecule has 1 aromatic carbocycles. The lowest BCUT2D eigenvalue weighted by atomic mass is 9.70. The Morgan fingerprint density at radius 1 is 1.13 bits per heavy atom. The highest BCUT2D eigenvalue weighted by Gasteiger charge is 2.61. The van der Waals surface area contributed by atoms with Gasteiger partial charge in [0.25, 0.3) is 0 Å². The van der Waals surface area contributed by atoms with Crippen LogP contribution in [0.5, 0.6) is 5.75 Å². The van der Waals surface area contributed by atoms with Gasteiger partial charge >= 0.3 is 0 Å².